The minimum absolute atomic E-state index is 0.190. The second-order valence-electron chi connectivity index (χ2n) is 4.25. The molecule has 0 saturated heterocycles. The van der Waals surface area contributed by atoms with Crippen LogP contribution in [0.4, 0.5) is 0 Å². The lowest BCUT2D eigenvalue weighted by Crippen LogP contribution is -2.05. The lowest BCUT2D eigenvalue weighted by atomic mass is 10.0. The van der Waals surface area contributed by atoms with E-state index < -0.39 is 0 Å². The Morgan fingerprint density at radius 1 is 0.684 bits per heavy atom. The first-order valence-electron chi connectivity index (χ1n) is 6.04. The highest BCUT2D eigenvalue weighted by atomic mass is 16.1. The third-order valence-corrected chi connectivity index (χ3v) is 2.97. The van der Waals surface area contributed by atoms with Gasteiger partial charge in [-0.3, -0.25) is 4.79 Å². The van der Waals surface area contributed by atoms with Gasteiger partial charge >= 0.3 is 0 Å². The van der Waals surface area contributed by atoms with Gasteiger partial charge in [0.1, 0.15) is 0 Å². The largest absolute Gasteiger partial charge is 0.268 e. The molecule has 0 unspecified atom stereocenters. The van der Waals surface area contributed by atoms with Crippen molar-refractivity contribution in [1.82, 2.24) is 10.2 Å². The topological polar surface area (TPSA) is 45.8 Å². The fraction of sp³-hybridized carbons (Fsp3) is 0. The monoisotopic (exact) mass is 248 g/mol. The number of aromatic amines is 1. The van der Waals surface area contributed by atoms with E-state index in [0.717, 1.165) is 16.8 Å². The number of hydrogen-bond acceptors (Lipinski definition) is 2. The summed E-state index contributed by atoms with van der Waals surface area (Å²) in [6, 6.07) is 21.5. The zero-order valence-corrected chi connectivity index (χ0v) is 10.2. The van der Waals surface area contributed by atoms with Crippen LogP contribution in [0.5, 0.6) is 0 Å². The van der Waals surface area contributed by atoms with Gasteiger partial charge in [0, 0.05) is 11.6 Å². The third kappa shape index (κ3) is 2.45. The van der Waals surface area contributed by atoms with Gasteiger partial charge in [0.05, 0.1) is 5.69 Å². The van der Waals surface area contributed by atoms with Gasteiger partial charge in [-0.25, -0.2) is 5.10 Å². The van der Waals surface area contributed by atoms with Gasteiger partial charge in [0.2, 0.25) is 0 Å². The van der Waals surface area contributed by atoms with E-state index in [1.54, 1.807) is 6.07 Å². The van der Waals surface area contributed by atoms with Crippen LogP contribution in [0.25, 0.3) is 22.4 Å². The van der Waals surface area contributed by atoms with Crippen LogP contribution < -0.4 is 5.56 Å². The summed E-state index contributed by atoms with van der Waals surface area (Å²) in [5, 5.41) is 6.45. The molecule has 0 aliphatic carbocycles. The predicted molar refractivity (Wildman–Crippen MR) is 75.7 cm³/mol. The summed E-state index contributed by atoms with van der Waals surface area (Å²) in [5.41, 5.74) is 3.90. The number of aromatic nitrogens is 2. The standard InChI is InChI=1S/C16H12N2O/c19-16-11-10-15(17-18-16)14-8-6-13(7-9-14)12-4-2-1-3-5-12/h1-11H,(H,18,19). The van der Waals surface area contributed by atoms with Gasteiger partial charge in [0.15, 0.2) is 0 Å². The minimum Gasteiger partial charge on any atom is -0.268 e. The van der Waals surface area contributed by atoms with Crippen molar-refractivity contribution >= 4 is 0 Å². The smallest absolute Gasteiger partial charge is 0.264 e. The Bertz CT molecular complexity index is 710. The van der Waals surface area contributed by atoms with Gasteiger partial charge in [-0.05, 0) is 17.2 Å². The van der Waals surface area contributed by atoms with Gasteiger partial charge in [-0.1, -0.05) is 54.6 Å². The summed E-state index contributed by atoms with van der Waals surface area (Å²) in [4.78, 5) is 11.0. The van der Waals surface area contributed by atoms with Crippen molar-refractivity contribution in [1.29, 1.82) is 0 Å². The van der Waals surface area contributed by atoms with Crippen molar-refractivity contribution in [2.75, 3.05) is 0 Å². The molecule has 0 spiro atoms. The van der Waals surface area contributed by atoms with Crippen LogP contribution in [0.2, 0.25) is 0 Å². The van der Waals surface area contributed by atoms with Crippen molar-refractivity contribution in [2.45, 2.75) is 0 Å². The lowest BCUT2D eigenvalue weighted by Gasteiger charge is -2.03. The van der Waals surface area contributed by atoms with Crippen LogP contribution in [0.15, 0.2) is 71.5 Å². The maximum absolute atomic E-state index is 11.0. The normalized spacial score (nSPS) is 10.3. The summed E-state index contributed by atoms with van der Waals surface area (Å²) < 4.78 is 0. The number of hydrogen-bond donors (Lipinski definition) is 1. The van der Waals surface area contributed by atoms with Gasteiger partial charge in [-0.2, -0.15) is 5.10 Å². The maximum atomic E-state index is 11.0. The fourth-order valence-corrected chi connectivity index (χ4v) is 1.97. The molecule has 1 heterocycles. The highest BCUT2D eigenvalue weighted by molar-refractivity contribution is 5.68. The van der Waals surface area contributed by atoms with E-state index in [0.29, 0.717) is 0 Å². The van der Waals surface area contributed by atoms with E-state index in [-0.39, 0.29) is 5.56 Å². The second kappa shape index (κ2) is 4.90. The molecule has 0 saturated carbocycles. The molecule has 3 rings (SSSR count). The molecule has 0 amide bonds. The zero-order valence-electron chi connectivity index (χ0n) is 10.2. The number of nitrogens with one attached hydrogen (secondary N) is 1. The Hall–Kier alpha value is -2.68. The molecule has 1 N–H and O–H groups in total. The highest BCUT2D eigenvalue weighted by Gasteiger charge is 2.01. The SMILES string of the molecule is O=c1ccc(-c2ccc(-c3ccccc3)cc2)n[nH]1. The molecule has 0 radical (unpaired) electrons. The number of rotatable bonds is 2. The van der Waals surface area contributed by atoms with Crippen molar-refractivity contribution in [3.8, 4) is 22.4 Å². The molecule has 0 aliphatic heterocycles. The lowest BCUT2D eigenvalue weighted by molar-refractivity contribution is 0.995. The van der Waals surface area contributed by atoms with Crippen LogP contribution >= 0.6 is 0 Å². The molecule has 0 atom stereocenters. The Balaban J connectivity index is 1.95. The van der Waals surface area contributed by atoms with Crippen LogP contribution in [-0.4, -0.2) is 10.2 Å². The third-order valence-electron chi connectivity index (χ3n) is 2.97. The fourth-order valence-electron chi connectivity index (χ4n) is 1.97. The van der Waals surface area contributed by atoms with Crippen molar-refractivity contribution in [3.63, 3.8) is 0 Å². The summed E-state index contributed by atoms with van der Waals surface area (Å²) in [6.07, 6.45) is 0. The molecular weight excluding hydrogens is 236 g/mol. The number of benzene rings is 2. The van der Waals surface area contributed by atoms with E-state index >= 15 is 0 Å². The Morgan fingerprint density at radius 3 is 1.95 bits per heavy atom. The van der Waals surface area contributed by atoms with E-state index in [1.807, 2.05) is 30.3 Å². The van der Waals surface area contributed by atoms with Crippen molar-refractivity contribution < 1.29 is 0 Å². The van der Waals surface area contributed by atoms with Crippen LogP contribution in [-0.2, 0) is 0 Å². The van der Waals surface area contributed by atoms with Crippen LogP contribution in [0.1, 0.15) is 0 Å². The summed E-state index contributed by atoms with van der Waals surface area (Å²) in [7, 11) is 0. The Morgan fingerprint density at radius 2 is 1.32 bits per heavy atom. The van der Waals surface area contributed by atoms with E-state index in [4.69, 9.17) is 0 Å². The Kier molecular flexibility index (Phi) is 2.94. The molecule has 92 valence electrons. The maximum Gasteiger partial charge on any atom is 0.264 e. The first-order chi connectivity index (χ1) is 9.33. The van der Waals surface area contributed by atoms with Crippen LogP contribution in [0.3, 0.4) is 0 Å². The van der Waals surface area contributed by atoms with E-state index in [9.17, 15) is 4.79 Å². The van der Waals surface area contributed by atoms with Gasteiger partial charge in [0.25, 0.3) is 5.56 Å². The number of nitrogens with zero attached hydrogens (tertiary/aromatic N) is 1. The summed E-state index contributed by atoms with van der Waals surface area (Å²) >= 11 is 0. The molecule has 0 aliphatic rings. The van der Waals surface area contributed by atoms with Crippen LogP contribution in [0, 0.1) is 0 Å². The van der Waals surface area contributed by atoms with Gasteiger partial charge < -0.3 is 0 Å². The molecular formula is C16H12N2O. The molecule has 19 heavy (non-hydrogen) atoms. The average molecular weight is 248 g/mol. The second-order valence-corrected chi connectivity index (χ2v) is 4.25. The molecule has 3 heteroatoms. The molecule has 1 aromatic heterocycles. The van der Waals surface area contributed by atoms with E-state index in [2.05, 4.69) is 34.5 Å². The summed E-state index contributed by atoms with van der Waals surface area (Å²) in [5.74, 6) is 0. The zero-order chi connectivity index (χ0) is 13.1. The number of H-pyrrole nitrogens is 1. The van der Waals surface area contributed by atoms with Gasteiger partial charge in [-0.15, -0.1) is 0 Å². The molecule has 0 bridgehead atoms. The molecule has 2 aromatic carbocycles. The Labute approximate surface area is 110 Å². The molecule has 3 nitrogen and oxygen atoms in total. The molecule has 0 fully saturated rings. The first-order valence-corrected chi connectivity index (χ1v) is 6.04. The van der Waals surface area contributed by atoms with E-state index in [1.165, 1.54) is 11.6 Å². The van der Waals surface area contributed by atoms with Crippen molar-refractivity contribution in [2.24, 2.45) is 0 Å². The predicted octanol–water partition coefficient (Wildman–Crippen LogP) is 3.10. The highest BCUT2D eigenvalue weighted by Crippen LogP contribution is 2.22. The van der Waals surface area contributed by atoms with Crippen molar-refractivity contribution in [3.05, 3.63) is 77.1 Å². The quantitative estimate of drug-likeness (QED) is 0.757. The average Bonchev–Trinajstić information content (AvgIpc) is 2.49. The molecule has 3 aromatic rings. The summed E-state index contributed by atoms with van der Waals surface area (Å²) in [6.45, 7) is 0. The first kappa shape index (κ1) is 11.4. The minimum atomic E-state index is -0.190.